The molecule has 3 aliphatic heterocycles. The summed E-state index contributed by atoms with van der Waals surface area (Å²) in [4.78, 5) is 21.9. The summed E-state index contributed by atoms with van der Waals surface area (Å²) < 4.78 is 7.14. The summed E-state index contributed by atoms with van der Waals surface area (Å²) in [6.45, 7) is 0. The maximum Gasteiger partial charge on any atom is 0.0736 e. The van der Waals surface area contributed by atoms with Gasteiger partial charge in [-0.3, -0.25) is 9.97 Å². The molecule has 9 heteroatoms. The van der Waals surface area contributed by atoms with Gasteiger partial charge in [0.15, 0.2) is 0 Å². The van der Waals surface area contributed by atoms with Crippen molar-refractivity contribution in [2.45, 2.75) is 0 Å². The smallest absolute Gasteiger partial charge is 0.0736 e. The van der Waals surface area contributed by atoms with Crippen LogP contribution in [0.5, 0.6) is 0 Å². The number of hydrogen-bond donors (Lipinski definition) is 0. The van der Waals surface area contributed by atoms with Crippen LogP contribution in [-0.2, 0) is 0 Å². The van der Waals surface area contributed by atoms with Crippen LogP contribution in [0.2, 0.25) is 0 Å². The van der Waals surface area contributed by atoms with Gasteiger partial charge in [0.25, 0.3) is 0 Å². The van der Waals surface area contributed by atoms with Crippen LogP contribution in [0, 0.1) is 0 Å². The summed E-state index contributed by atoms with van der Waals surface area (Å²) in [5.74, 6) is 0. The lowest BCUT2D eigenvalue weighted by atomic mass is 9.89. The zero-order valence-electron chi connectivity index (χ0n) is 68.3. The van der Waals surface area contributed by atoms with Gasteiger partial charge in [0.05, 0.1) is 90.1 Å². The number of rotatable bonds is 9. The number of pyridine rings is 3. The molecule has 126 heavy (non-hydrogen) atoms. The summed E-state index contributed by atoms with van der Waals surface area (Å²) in [6.07, 6.45) is 5.94. The highest BCUT2D eigenvalue weighted by Crippen LogP contribution is 2.56. The zero-order chi connectivity index (χ0) is 82.9. The normalized spacial score (nSPS) is 12.2. The molecule has 0 saturated carbocycles. The molecule has 0 amide bonds. The van der Waals surface area contributed by atoms with Crippen molar-refractivity contribution >= 4 is 149 Å². The van der Waals surface area contributed by atoms with E-state index in [1.165, 1.54) is 149 Å². The number of hydrogen-bond acceptors (Lipinski definition) is 6. The van der Waals surface area contributed by atoms with Crippen molar-refractivity contribution in [2.24, 2.45) is 0 Å². The van der Waals surface area contributed by atoms with Gasteiger partial charge >= 0.3 is 0 Å². The third-order valence-corrected chi connectivity index (χ3v) is 25.6. The Morgan fingerprint density at radius 2 is 0.524 bits per heavy atom. The minimum Gasteiger partial charge on any atom is -0.309 e. The molecule has 0 N–H and O–H groups in total. The van der Waals surface area contributed by atoms with Crippen LogP contribution in [0.4, 0.5) is 51.2 Å². The molecule has 0 bridgehead atoms. The first-order valence-electron chi connectivity index (χ1n) is 42.9. The molecule has 0 radical (unpaired) electrons. The molecule has 3 aliphatic rings. The van der Waals surface area contributed by atoms with E-state index in [0.29, 0.717) is 0 Å². The van der Waals surface area contributed by atoms with Gasteiger partial charge in [-0.15, -0.1) is 0 Å². The van der Waals surface area contributed by atoms with Crippen molar-refractivity contribution in [3.63, 3.8) is 0 Å². The van der Waals surface area contributed by atoms with Gasteiger partial charge in [-0.1, -0.05) is 279 Å². The Morgan fingerprint density at radius 3 is 0.968 bits per heavy atom. The van der Waals surface area contributed by atoms with Crippen molar-refractivity contribution in [3.8, 4) is 84.0 Å². The molecule has 588 valence electrons. The van der Waals surface area contributed by atoms with Crippen LogP contribution in [0.3, 0.4) is 0 Å². The van der Waals surface area contributed by atoms with Crippen LogP contribution in [-0.4, -0.2) is 28.7 Å². The minimum absolute atomic E-state index is 0.992. The lowest BCUT2D eigenvalue weighted by Crippen LogP contribution is -2.15. The van der Waals surface area contributed by atoms with Crippen molar-refractivity contribution in [2.75, 3.05) is 14.7 Å². The van der Waals surface area contributed by atoms with E-state index in [1.54, 1.807) is 0 Å². The standard InChI is InChI=1S/3C39H25N3/c1-2-12-26(13-3-1)34-25-32-31-18-6-9-22-37(31)42(38-23-11-19-33(40-34)39(32)38)28-15-10-14-27(24-28)41-35-20-7-4-16-29(35)30-17-5-8-21-36(30)41;1-2-11-26(12-3-1)27-21-28-24-40-25-38-39(28)34(22-27)33-17-6-9-20-37(33)42(38)30-14-10-13-29(23-30)41-35-18-7-4-15-31(35)32-16-5-8-19-36(32)41;1-2-11-26(12-3-1)27-23-33-32-17-6-9-20-37(32)42(38-21-22-40-34(24-27)39(33)38)29-14-10-13-28(25-29)41-35-18-7-4-15-30(35)31-16-5-8-19-36(31)41/h3*1-25H. The highest BCUT2D eigenvalue weighted by Gasteiger charge is 2.32. The third-order valence-electron chi connectivity index (χ3n) is 25.6. The quantitative estimate of drug-likeness (QED) is 0.143. The lowest BCUT2D eigenvalue weighted by Gasteiger charge is -2.33. The van der Waals surface area contributed by atoms with Crippen LogP contribution in [0.25, 0.3) is 182 Å². The Bertz CT molecular complexity index is 7570. The Labute approximate surface area is 727 Å². The minimum atomic E-state index is 0.992. The van der Waals surface area contributed by atoms with Crippen LogP contribution in [0.15, 0.2) is 455 Å². The fourth-order valence-corrected chi connectivity index (χ4v) is 20.2. The van der Waals surface area contributed by atoms with Gasteiger partial charge in [0, 0.05) is 123 Å². The molecule has 0 spiro atoms. The second-order valence-electron chi connectivity index (χ2n) is 32.6. The second kappa shape index (κ2) is 29.4. The molecule has 0 atom stereocenters. The Morgan fingerprint density at radius 1 is 0.190 bits per heavy atom. The molecule has 0 saturated heterocycles. The van der Waals surface area contributed by atoms with E-state index in [-0.39, 0.29) is 0 Å². The van der Waals surface area contributed by atoms with E-state index in [9.17, 15) is 0 Å². The summed E-state index contributed by atoms with van der Waals surface area (Å²) in [5, 5.41) is 12.3. The molecule has 27 rings (SSSR count). The first-order chi connectivity index (χ1) is 62.5. The van der Waals surface area contributed by atoms with E-state index < -0.39 is 0 Å². The monoisotopic (exact) mass is 1610 g/mol. The van der Waals surface area contributed by atoms with Gasteiger partial charge in [0.1, 0.15) is 0 Å². The second-order valence-corrected chi connectivity index (χ2v) is 32.6. The van der Waals surface area contributed by atoms with E-state index in [0.717, 1.165) is 84.6 Å². The number of fused-ring (bicyclic) bond motifs is 15. The molecule has 18 aromatic carbocycles. The van der Waals surface area contributed by atoms with Crippen molar-refractivity contribution in [3.05, 3.63) is 455 Å². The molecule has 0 unspecified atom stereocenters. The van der Waals surface area contributed by atoms with Crippen LogP contribution < -0.4 is 14.7 Å². The fourth-order valence-electron chi connectivity index (χ4n) is 20.2. The molecule has 0 aliphatic carbocycles. The molecule has 9 nitrogen and oxygen atoms in total. The number of para-hydroxylation sites is 9. The number of aromatic nitrogens is 6. The lowest BCUT2D eigenvalue weighted by molar-refractivity contribution is 1.17. The highest BCUT2D eigenvalue weighted by atomic mass is 15.2. The van der Waals surface area contributed by atoms with E-state index >= 15 is 0 Å². The number of nitrogens with zero attached hydrogens (tertiary/aromatic N) is 9. The van der Waals surface area contributed by atoms with Gasteiger partial charge in [-0.2, -0.15) is 0 Å². The van der Waals surface area contributed by atoms with Gasteiger partial charge in [0.2, 0.25) is 0 Å². The topological polar surface area (TPSA) is 63.2 Å². The average molecular weight is 1610 g/mol. The largest absolute Gasteiger partial charge is 0.309 e. The van der Waals surface area contributed by atoms with E-state index in [4.69, 9.17) is 15.0 Å². The van der Waals surface area contributed by atoms with Crippen molar-refractivity contribution < 1.29 is 0 Å². The Kier molecular flexibility index (Phi) is 16.8. The van der Waals surface area contributed by atoms with Gasteiger partial charge in [-0.05, 0) is 197 Å². The first kappa shape index (κ1) is 71.9. The predicted molar refractivity (Wildman–Crippen MR) is 526 cm³/mol. The van der Waals surface area contributed by atoms with E-state index in [1.807, 2.05) is 24.7 Å². The molecule has 9 heterocycles. The molecule has 6 aromatic heterocycles. The van der Waals surface area contributed by atoms with Gasteiger partial charge in [-0.25, -0.2) is 4.98 Å². The maximum absolute atomic E-state index is 5.15. The molecule has 0 fully saturated rings. The molecular weight excluding hydrogens is 1530 g/mol. The molecular formula is C117H75N9. The van der Waals surface area contributed by atoms with Crippen LogP contribution >= 0.6 is 0 Å². The van der Waals surface area contributed by atoms with Gasteiger partial charge < -0.3 is 28.4 Å². The number of benzene rings is 18. The Hall–Kier alpha value is -17.0. The number of anilines is 9. The average Bonchev–Trinajstić information content (AvgIpc) is 1.06. The van der Waals surface area contributed by atoms with Crippen LogP contribution in [0.1, 0.15) is 0 Å². The first-order valence-corrected chi connectivity index (χ1v) is 42.9. The highest BCUT2D eigenvalue weighted by molar-refractivity contribution is 6.19. The molecule has 24 aromatic rings. The third kappa shape index (κ3) is 11.6. The summed E-state index contributed by atoms with van der Waals surface area (Å²) in [5.41, 5.74) is 37.1. The SMILES string of the molecule is c1ccc(-c2cc3c4c(cccc4n2)N(c2cccc(-n4c5ccccc5c5ccccc54)c2)c2ccccc2-3)cc1.c1ccc(-c2cc3c4c(ccnc4c2)N(c2cccc(-n4c5ccccc5c5ccccc54)c2)c2ccccc2-3)cc1.c1ccc(-c2cc3c4c(cncc4c2)N(c2cccc(-n4c5ccccc5c5ccccc54)c2)c2ccccc2-3)cc1. The zero-order valence-corrected chi connectivity index (χ0v) is 68.3. The summed E-state index contributed by atoms with van der Waals surface area (Å²) in [7, 11) is 0. The van der Waals surface area contributed by atoms with E-state index in [2.05, 4.69) is 459 Å². The summed E-state index contributed by atoms with van der Waals surface area (Å²) >= 11 is 0. The van der Waals surface area contributed by atoms with Crippen molar-refractivity contribution in [1.29, 1.82) is 0 Å². The fraction of sp³-hybridized carbons (Fsp3) is 0. The maximum atomic E-state index is 5.15. The predicted octanol–water partition coefficient (Wildman–Crippen LogP) is 31.3. The summed E-state index contributed by atoms with van der Waals surface area (Å²) in [6, 6.07) is 157. The van der Waals surface area contributed by atoms with Crippen molar-refractivity contribution in [1.82, 2.24) is 28.7 Å². The Balaban J connectivity index is 0.000000103.